The number of hydrogen-bond acceptors (Lipinski definition) is 6. The molecule has 3 N–H and O–H groups in total. The molecule has 1 fully saturated rings. The molecule has 19 heavy (non-hydrogen) atoms. The molecule has 0 radical (unpaired) electrons. The summed E-state index contributed by atoms with van der Waals surface area (Å²) in [6.07, 6.45) is 0.139. The van der Waals surface area contributed by atoms with Crippen LogP contribution < -0.4 is 5.43 Å². The number of aliphatic hydroxyl groups excluding tert-OH is 1. The average molecular weight is 264 g/mol. The molecule has 0 aliphatic carbocycles. The molecule has 6 nitrogen and oxygen atoms in total. The quantitative estimate of drug-likeness (QED) is 0.711. The van der Waals surface area contributed by atoms with Crippen LogP contribution in [0, 0.1) is 0 Å². The second-order valence-electron chi connectivity index (χ2n) is 4.51. The Kier molecular flexibility index (Phi) is 2.69. The predicted molar refractivity (Wildman–Crippen MR) is 65.1 cm³/mol. The van der Waals surface area contributed by atoms with Gasteiger partial charge in [-0.25, -0.2) is 0 Å². The largest absolute Gasteiger partial charge is 0.508 e. The number of phenols is 2. The lowest BCUT2D eigenvalue weighted by molar-refractivity contribution is 0.0401. The maximum atomic E-state index is 12.3. The highest BCUT2D eigenvalue weighted by atomic mass is 16.5. The van der Waals surface area contributed by atoms with Gasteiger partial charge in [0.2, 0.25) is 5.43 Å². The molecule has 0 bridgehead atoms. The van der Waals surface area contributed by atoms with Crippen LogP contribution in [0.2, 0.25) is 0 Å². The van der Waals surface area contributed by atoms with Crippen LogP contribution in [0.3, 0.4) is 0 Å². The summed E-state index contributed by atoms with van der Waals surface area (Å²) in [7, 11) is 0. The average Bonchev–Trinajstić information content (AvgIpc) is 2.75. The van der Waals surface area contributed by atoms with Crippen molar-refractivity contribution in [3.05, 3.63) is 34.2 Å². The molecule has 6 heteroatoms. The minimum atomic E-state index is -0.764. The van der Waals surface area contributed by atoms with Crippen LogP contribution >= 0.6 is 0 Å². The monoisotopic (exact) mass is 264 g/mol. The van der Waals surface area contributed by atoms with E-state index in [4.69, 9.17) is 9.15 Å². The molecule has 1 aliphatic heterocycles. The van der Waals surface area contributed by atoms with Gasteiger partial charge in [-0.2, -0.15) is 0 Å². The lowest BCUT2D eigenvalue weighted by atomic mass is 10.0. The van der Waals surface area contributed by atoms with Crippen molar-refractivity contribution in [2.45, 2.75) is 18.6 Å². The molecule has 1 aromatic carbocycles. The minimum absolute atomic E-state index is 0.0296. The first-order valence-corrected chi connectivity index (χ1v) is 5.85. The van der Waals surface area contributed by atoms with Gasteiger partial charge in [-0.05, 0) is 6.42 Å². The Hall–Kier alpha value is -2.05. The first kappa shape index (κ1) is 12.0. The summed E-state index contributed by atoms with van der Waals surface area (Å²) in [5.41, 5.74) is -0.220. The van der Waals surface area contributed by atoms with Crippen molar-refractivity contribution in [1.82, 2.24) is 0 Å². The summed E-state index contributed by atoms with van der Waals surface area (Å²) in [4.78, 5) is 12.3. The standard InChI is InChI=1S/C13H12O6/c14-6-3-9(16)11-10(4-6)19-5-7(12(11)17)13-8(15)1-2-18-13/h3-5,8,13-16H,1-2H2/t8-,13+/m0/s1. The van der Waals surface area contributed by atoms with Crippen molar-refractivity contribution in [2.24, 2.45) is 0 Å². The van der Waals surface area contributed by atoms with Gasteiger partial charge in [-0.15, -0.1) is 0 Å². The molecule has 2 aromatic rings. The lowest BCUT2D eigenvalue weighted by Gasteiger charge is -2.13. The summed E-state index contributed by atoms with van der Waals surface area (Å²) in [6.45, 7) is 0.366. The van der Waals surface area contributed by atoms with Crippen LogP contribution in [0.15, 0.2) is 27.6 Å². The molecule has 3 rings (SSSR count). The first-order chi connectivity index (χ1) is 9.08. The van der Waals surface area contributed by atoms with Gasteiger partial charge in [-0.3, -0.25) is 4.79 Å². The Labute approximate surface area is 107 Å². The maximum absolute atomic E-state index is 12.3. The SMILES string of the molecule is O=c1c([C@H]2OCC[C@@H]2O)coc2cc(O)cc(O)c12. The molecule has 0 saturated carbocycles. The highest BCUT2D eigenvalue weighted by molar-refractivity contribution is 5.85. The number of benzene rings is 1. The minimum Gasteiger partial charge on any atom is -0.508 e. The third kappa shape index (κ3) is 1.85. The maximum Gasteiger partial charge on any atom is 0.202 e. The number of ether oxygens (including phenoxy) is 1. The van der Waals surface area contributed by atoms with E-state index in [0.717, 1.165) is 6.07 Å². The first-order valence-electron chi connectivity index (χ1n) is 5.85. The van der Waals surface area contributed by atoms with E-state index >= 15 is 0 Å². The van der Waals surface area contributed by atoms with Crippen LogP contribution in [0.1, 0.15) is 18.1 Å². The summed E-state index contributed by atoms with van der Waals surface area (Å²) in [5, 5.41) is 28.8. The molecule has 100 valence electrons. The number of aliphatic hydroxyl groups is 1. The zero-order valence-corrected chi connectivity index (χ0v) is 9.87. The van der Waals surface area contributed by atoms with Gasteiger partial charge in [0.25, 0.3) is 0 Å². The van der Waals surface area contributed by atoms with Crippen molar-refractivity contribution in [3.63, 3.8) is 0 Å². The number of fused-ring (bicyclic) bond motifs is 1. The zero-order chi connectivity index (χ0) is 13.6. The van der Waals surface area contributed by atoms with Gasteiger partial charge >= 0.3 is 0 Å². The third-order valence-corrected chi connectivity index (χ3v) is 3.24. The topological polar surface area (TPSA) is 100 Å². The Morgan fingerprint density at radius 3 is 2.74 bits per heavy atom. The predicted octanol–water partition coefficient (Wildman–Crippen LogP) is 1.03. The molecule has 0 spiro atoms. The Bertz CT molecular complexity index is 689. The molecule has 1 saturated heterocycles. The highest BCUT2D eigenvalue weighted by Crippen LogP contribution is 2.32. The second kappa shape index (κ2) is 4.25. The summed E-state index contributed by atoms with van der Waals surface area (Å²) >= 11 is 0. The summed E-state index contributed by atoms with van der Waals surface area (Å²) in [5.74, 6) is -0.559. The van der Waals surface area contributed by atoms with Crippen molar-refractivity contribution >= 4 is 11.0 Å². The molecule has 1 aromatic heterocycles. The van der Waals surface area contributed by atoms with E-state index in [1.807, 2.05) is 0 Å². The lowest BCUT2D eigenvalue weighted by Crippen LogP contribution is -2.20. The normalized spacial score (nSPS) is 23.0. The van der Waals surface area contributed by atoms with E-state index in [-0.39, 0.29) is 28.0 Å². The van der Waals surface area contributed by atoms with E-state index in [1.165, 1.54) is 12.3 Å². The van der Waals surface area contributed by atoms with Crippen LogP contribution in [0.5, 0.6) is 11.5 Å². The van der Waals surface area contributed by atoms with E-state index < -0.39 is 17.6 Å². The van der Waals surface area contributed by atoms with E-state index in [2.05, 4.69) is 0 Å². The molecule has 0 amide bonds. The molecule has 2 atom stereocenters. The van der Waals surface area contributed by atoms with Crippen LogP contribution in [-0.2, 0) is 4.74 Å². The van der Waals surface area contributed by atoms with Gasteiger partial charge in [0, 0.05) is 12.1 Å². The van der Waals surface area contributed by atoms with Crippen LogP contribution in [0.25, 0.3) is 11.0 Å². The van der Waals surface area contributed by atoms with Gasteiger partial charge < -0.3 is 24.5 Å². The van der Waals surface area contributed by atoms with Crippen LogP contribution in [0.4, 0.5) is 0 Å². The number of rotatable bonds is 1. The van der Waals surface area contributed by atoms with Crippen molar-refractivity contribution in [2.75, 3.05) is 6.61 Å². The van der Waals surface area contributed by atoms with E-state index in [0.29, 0.717) is 13.0 Å². The smallest absolute Gasteiger partial charge is 0.202 e. The van der Waals surface area contributed by atoms with Gasteiger partial charge in [-0.1, -0.05) is 0 Å². The fourth-order valence-corrected chi connectivity index (χ4v) is 2.30. The number of hydrogen-bond donors (Lipinski definition) is 3. The molecule has 0 unspecified atom stereocenters. The zero-order valence-electron chi connectivity index (χ0n) is 9.87. The van der Waals surface area contributed by atoms with Gasteiger partial charge in [0.1, 0.15) is 34.8 Å². The number of aromatic hydroxyl groups is 2. The highest BCUT2D eigenvalue weighted by Gasteiger charge is 2.31. The Morgan fingerprint density at radius 2 is 2.05 bits per heavy atom. The fourth-order valence-electron chi connectivity index (χ4n) is 2.30. The summed E-state index contributed by atoms with van der Waals surface area (Å²) < 4.78 is 10.5. The Balaban J connectivity index is 2.24. The Morgan fingerprint density at radius 1 is 1.26 bits per heavy atom. The van der Waals surface area contributed by atoms with E-state index in [9.17, 15) is 20.1 Å². The van der Waals surface area contributed by atoms with Gasteiger partial charge in [0.05, 0.1) is 18.3 Å². The molecule has 2 heterocycles. The second-order valence-corrected chi connectivity index (χ2v) is 4.51. The summed E-state index contributed by atoms with van der Waals surface area (Å²) in [6, 6.07) is 2.31. The molecular formula is C13H12O6. The van der Waals surface area contributed by atoms with Gasteiger partial charge in [0.15, 0.2) is 0 Å². The van der Waals surface area contributed by atoms with Crippen molar-refractivity contribution < 1.29 is 24.5 Å². The van der Waals surface area contributed by atoms with Crippen molar-refractivity contribution in [1.29, 1.82) is 0 Å². The third-order valence-electron chi connectivity index (χ3n) is 3.24. The van der Waals surface area contributed by atoms with E-state index in [1.54, 1.807) is 0 Å². The van der Waals surface area contributed by atoms with Crippen molar-refractivity contribution in [3.8, 4) is 11.5 Å². The number of phenolic OH excluding ortho intramolecular Hbond substituents is 2. The van der Waals surface area contributed by atoms with Crippen LogP contribution in [-0.4, -0.2) is 28.0 Å². The fraction of sp³-hybridized carbons (Fsp3) is 0.308. The molecule has 1 aliphatic rings. The molecular weight excluding hydrogens is 252 g/mol.